The Morgan fingerprint density at radius 1 is 1.33 bits per heavy atom. The first-order chi connectivity index (χ1) is 7.08. The second-order valence-electron chi connectivity index (χ2n) is 4.05. The maximum absolute atomic E-state index is 11.6. The van der Waals surface area contributed by atoms with Crippen LogP contribution < -0.4 is 0 Å². The monoisotopic (exact) mass is 206 g/mol. The summed E-state index contributed by atoms with van der Waals surface area (Å²) in [6.07, 6.45) is 1.59. The van der Waals surface area contributed by atoms with Crippen molar-refractivity contribution in [2.45, 2.75) is 32.1 Å². The van der Waals surface area contributed by atoms with Crippen LogP contribution in [0.1, 0.15) is 30.1 Å². The first-order valence-electron chi connectivity index (χ1n) is 5.00. The molecule has 0 unspecified atom stereocenters. The second kappa shape index (κ2) is 3.29. The molecule has 1 heterocycles. The first-order valence-corrected chi connectivity index (χ1v) is 5.00. The van der Waals surface area contributed by atoms with Crippen molar-refractivity contribution in [2.24, 2.45) is 0 Å². The van der Waals surface area contributed by atoms with Crippen molar-refractivity contribution in [2.75, 3.05) is 7.11 Å². The highest BCUT2D eigenvalue weighted by molar-refractivity contribution is 5.85. The average molecular weight is 206 g/mol. The number of carbonyl (C=O) groups excluding carboxylic acids is 1. The van der Waals surface area contributed by atoms with Gasteiger partial charge >= 0.3 is 5.97 Å². The fourth-order valence-corrected chi connectivity index (χ4v) is 1.78. The Labute approximate surface area is 88.7 Å². The van der Waals surface area contributed by atoms with Crippen molar-refractivity contribution in [3.63, 3.8) is 0 Å². The van der Waals surface area contributed by atoms with Crippen LogP contribution in [0, 0.1) is 13.8 Å². The zero-order valence-corrected chi connectivity index (χ0v) is 9.20. The molecule has 2 rings (SSSR count). The number of methoxy groups -OCH3 is 1. The molecule has 1 aromatic heterocycles. The number of esters is 1. The minimum atomic E-state index is -0.550. The number of hydrogen-bond donors (Lipinski definition) is 0. The summed E-state index contributed by atoms with van der Waals surface area (Å²) in [4.78, 5) is 20.3. The molecule has 1 saturated carbocycles. The smallest absolute Gasteiger partial charge is 0.319 e. The molecule has 15 heavy (non-hydrogen) atoms. The van der Waals surface area contributed by atoms with Crippen LogP contribution in [0.15, 0.2) is 6.07 Å². The average Bonchev–Trinajstić information content (AvgIpc) is 2.96. The topological polar surface area (TPSA) is 52.1 Å². The number of ether oxygens (including phenoxy) is 1. The van der Waals surface area contributed by atoms with E-state index in [1.807, 2.05) is 19.9 Å². The van der Waals surface area contributed by atoms with Crippen LogP contribution in [0.4, 0.5) is 0 Å². The highest BCUT2D eigenvalue weighted by Gasteiger charge is 2.55. The van der Waals surface area contributed by atoms with Gasteiger partial charge in [0.15, 0.2) is 0 Å². The van der Waals surface area contributed by atoms with Crippen molar-refractivity contribution >= 4 is 5.97 Å². The molecule has 1 aliphatic rings. The Morgan fingerprint density at radius 2 is 1.87 bits per heavy atom. The highest BCUT2D eigenvalue weighted by atomic mass is 16.5. The van der Waals surface area contributed by atoms with Crippen molar-refractivity contribution < 1.29 is 9.53 Å². The lowest BCUT2D eigenvalue weighted by molar-refractivity contribution is -0.143. The largest absolute Gasteiger partial charge is 0.468 e. The van der Waals surface area contributed by atoms with Gasteiger partial charge in [0.2, 0.25) is 0 Å². The van der Waals surface area contributed by atoms with Gasteiger partial charge in [-0.2, -0.15) is 0 Å². The van der Waals surface area contributed by atoms with Gasteiger partial charge in [0, 0.05) is 11.4 Å². The molecule has 0 bridgehead atoms. The van der Waals surface area contributed by atoms with Gasteiger partial charge in [-0.3, -0.25) is 4.79 Å². The molecule has 0 amide bonds. The van der Waals surface area contributed by atoms with E-state index in [0.717, 1.165) is 24.2 Å². The summed E-state index contributed by atoms with van der Waals surface area (Å²) in [7, 11) is 1.41. The molecule has 0 saturated heterocycles. The molecule has 0 radical (unpaired) electrons. The number of aromatic nitrogens is 2. The SMILES string of the molecule is COC(=O)C1(c2nc(C)cc(C)n2)CC1. The lowest BCUT2D eigenvalue weighted by atomic mass is 10.1. The van der Waals surface area contributed by atoms with Gasteiger partial charge in [0.25, 0.3) is 0 Å². The van der Waals surface area contributed by atoms with Gasteiger partial charge in [0.1, 0.15) is 11.2 Å². The first kappa shape index (κ1) is 10.1. The maximum atomic E-state index is 11.6. The van der Waals surface area contributed by atoms with Gasteiger partial charge in [-0.15, -0.1) is 0 Å². The summed E-state index contributed by atoms with van der Waals surface area (Å²) in [5.74, 6) is 0.402. The predicted molar refractivity (Wildman–Crippen MR) is 54.4 cm³/mol. The Morgan fingerprint density at radius 3 is 2.27 bits per heavy atom. The molecule has 0 spiro atoms. The van der Waals surface area contributed by atoms with E-state index < -0.39 is 5.41 Å². The lowest BCUT2D eigenvalue weighted by Gasteiger charge is -2.11. The number of hydrogen-bond acceptors (Lipinski definition) is 4. The second-order valence-corrected chi connectivity index (χ2v) is 4.05. The quantitative estimate of drug-likeness (QED) is 0.684. The summed E-state index contributed by atoms with van der Waals surface area (Å²) < 4.78 is 4.79. The number of carbonyl (C=O) groups is 1. The fourth-order valence-electron chi connectivity index (χ4n) is 1.78. The molecule has 4 nitrogen and oxygen atoms in total. The highest BCUT2D eigenvalue weighted by Crippen LogP contribution is 2.47. The summed E-state index contributed by atoms with van der Waals surface area (Å²) in [6.45, 7) is 3.82. The van der Waals surface area contributed by atoms with E-state index in [-0.39, 0.29) is 5.97 Å². The molecule has 80 valence electrons. The van der Waals surface area contributed by atoms with Crippen molar-refractivity contribution in [3.8, 4) is 0 Å². The molecule has 1 fully saturated rings. The van der Waals surface area contributed by atoms with E-state index in [2.05, 4.69) is 9.97 Å². The molecular weight excluding hydrogens is 192 g/mol. The molecular formula is C11H14N2O2. The van der Waals surface area contributed by atoms with E-state index in [4.69, 9.17) is 4.74 Å². The molecule has 0 aromatic carbocycles. The van der Waals surface area contributed by atoms with Crippen molar-refractivity contribution in [1.82, 2.24) is 9.97 Å². The van der Waals surface area contributed by atoms with E-state index >= 15 is 0 Å². The number of nitrogens with zero attached hydrogens (tertiary/aromatic N) is 2. The fraction of sp³-hybridized carbons (Fsp3) is 0.545. The third kappa shape index (κ3) is 1.60. The maximum Gasteiger partial charge on any atom is 0.319 e. The normalized spacial score (nSPS) is 17.3. The van der Waals surface area contributed by atoms with Gasteiger partial charge in [-0.25, -0.2) is 9.97 Å². The van der Waals surface area contributed by atoms with E-state index in [1.54, 1.807) is 0 Å². The molecule has 4 heteroatoms. The van der Waals surface area contributed by atoms with Crippen LogP contribution in [0.25, 0.3) is 0 Å². The Hall–Kier alpha value is -1.45. The molecule has 1 aromatic rings. The standard InChI is InChI=1S/C11H14N2O2/c1-7-6-8(2)13-9(12-7)11(4-5-11)10(14)15-3/h6H,4-5H2,1-3H3. The van der Waals surface area contributed by atoms with Gasteiger partial charge in [-0.05, 0) is 32.8 Å². The van der Waals surface area contributed by atoms with Crippen LogP contribution in [0.5, 0.6) is 0 Å². The third-order valence-corrected chi connectivity index (χ3v) is 2.74. The predicted octanol–water partition coefficient (Wildman–Crippen LogP) is 1.30. The molecule has 0 aliphatic heterocycles. The van der Waals surface area contributed by atoms with Crippen LogP contribution in [0.2, 0.25) is 0 Å². The number of aryl methyl sites for hydroxylation is 2. The Bertz CT molecular complexity index is 391. The van der Waals surface area contributed by atoms with Crippen LogP contribution in [-0.4, -0.2) is 23.0 Å². The van der Waals surface area contributed by atoms with Gasteiger partial charge in [0.05, 0.1) is 7.11 Å². The van der Waals surface area contributed by atoms with Gasteiger partial charge in [-0.1, -0.05) is 0 Å². The summed E-state index contributed by atoms with van der Waals surface area (Å²) in [5.41, 5.74) is 1.24. The van der Waals surface area contributed by atoms with Crippen molar-refractivity contribution in [3.05, 3.63) is 23.3 Å². The lowest BCUT2D eigenvalue weighted by Crippen LogP contribution is -2.25. The van der Waals surface area contributed by atoms with Crippen LogP contribution in [-0.2, 0) is 14.9 Å². The molecule has 0 N–H and O–H groups in total. The summed E-state index contributed by atoms with van der Waals surface area (Å²) in [6, 6.07) is 1.90. The minimum Gasteiger partial charge on any atom is -0.468 e. The molecule has 1 aliphatic carbocycles. The van der Waals surface area contributed by atoms with E-state index in [0.29, 0.717) is 5.82 Å². The zero-order valence-electron chi connectivity index (χ0n) is 9.20. The summed E-state index contributed by atoms with van der Waals surface area (Å²) in [5, 5.41) is 0. The minimum absolute atomic E-state index is 0.215. The zero-order chi connectivity index (χ0) is 11.1. The van der Waals surface area contributed by atoms with Crippen molar-refractivity contribution in [1.29, 1.82) is 0 Å². The molecule has 0 atom stereocenters. The van der Waals surface area contributed by atoms with E-state index in [1.165, 1.54) is 7.11 Å². The van der Waals surface area contributed by atoms with Crippen LogP contribution in [0.3, 0.4) is 0 Å². The Kier molecular flexibility index (Phi) is 2.21. The third-order valence-electron chi connectivity index (χ3n) is 2.74. The van der Waals surface area contributed by atoms with E-state index in [9.17, 15) is 4.79 Å². The summed E-state index contributed by atoms with van der Waals surface area (Å²) >= 11 is 0. The van der Waals surface area contributed by atoms with Gasteiger partial charge < -0.3 is 4.74 Å². The van der Waals surface area contributed by atoms with Crippen LogP contribution >= 0.6 is 0 Å². The number of rotatable bonds is 2. The Balaban J connectivity index is 2.41.